The van der Waals surface area contributed by atoms with E-state index in [4.69, 9.17) is 0 Å². The Labute approximate surface area is 190 Å². The van der Waals surface area contributed by atoms with Gasteiger partial charge in [-0.15, -0.1) is 5.10 Å². The van der Waals surface area contributed by atoms with Crippen LogP contribution >= 0.6 is 0 Å². The molecule has 160 valence electrons. The minimum absolute atomic E-state index is 0.0749. The molecule has 0 aliphatic carbocycles. The first-order chi connectivity index (χ1) is 16.2. The lowest BCUT2D eigenvalue weighted by Gasteiger charge is -2.02. The van der Waals surface area contributed by atoms with Gasteiger partial charge in [0.2, 0.25) is 0 Å². The fourth-order valence-corrected chi connectivity index (χ4v) is 4.33. The number of benzene rings is 3. The Kier molecular flexibility index (Phi) is 4.43. The Hall–Kier alpha value is -4.45. The Balaban J connectivity index is 1.37. The largest absolute Gasteiger partial charge is 0.341 e. The first-order valence-electron chi connectivity index (χ1n) is 10.8. The van der Waals surface area contributed by atoms with Crippen LogP contribution in [0.4, 0.5) is 5.69 Å². The summed E-state index contributed by atoms with van der Waals surface area (Å²) in [5.74, 6) is -0.0749. The standard InChI is InChI=1S/C27H21N5O/c1-18-10-12-21(13-11-18)32-17-20(29-30-32)16-31-15-19(22-6-3-5-9-26(22)31)14-24-23-7-2-4-8-25(23)28-27(24)33/h2-15,17H,16H2,1H3,(H,28,33). The van der Waals surface area contributed by atoms with Gasteiger partial charge in [0.25, 0.3) is 5.91 Å². The normalized spacial score (nSPS) is 14.1. The van der Waals surface area contributed by atoms with Gasteiger partial charge in [0.15, 0.2) is 0 Å². The van der Waals surface area contributed by atoms with E-state index in [1.54, 1.807) is 4.68 Å². The summed E-state index contributed by atoms with van der Waals surface area (Å²) in [6.45, 7) is 2.65. The predicted molar refractivity (Wildman–Crippen MR) is 130 cm³/mol. The van der Waals surface area contributed by atoms with E-state index in [-0.39, 0.29) is 5.91 Å². The molecule has 6 rings (SSSR count). The van der Waals surface area contributed by atoms with Crippen LogP contribution in [0.25, 0.3) is 28.2 Å². The van der Waals surface area contributed by atoms with E-state index in [0.29, 0.717) is 12.1 Å². The van der Waals surface area contributed by atoms with Gasteiger partial charge in [-0.25, -0.2) is 4.68 Å². The second-order valence-electron chi connectivity index (χ2n) is 8.28. The summed E-state index contributed by atoms with van der Waals surface area (Å²) in [4.78, 5) is 12.6. The average molecular weight is 431 g/mol. The molecule has 1 N–H and O–H groups in total. The summed E-state index contributed by atoms with van der Waals surface area (Å²) >= 11 is 0. The Morgan fingerprint density at radius 2 is 1.73 bits per heavy atom. The smallest absolute Gasteiger partial charge is 0.256 e. The van der Waals surface area contributed by atoms with E-state index in [1.165, 1.54) is 5.56 Å². The van der Waals surface area contributed by atoms with Crippen LogP contribution in [-0.4, -0.2) is 25.5 Å². The molecule has 0 spiro atoms. The maximum absolute atomic E-state index is 12.6. The second-order valence-corrected chi connectivity index (χ2v) is 8.28. The number of hydrogen-bond donors (Lipinski definition) is 1. The van der Waals surface area contributed by atoms with Crippen LogP contribution in [0.3, 0.4) is 0 Å². The molecule has 0 saturated heterocycles. The van der Waals surface area contributed by atoms with Crippen molar-refractivity contribution in [1.29, 1.82) is 0 Å². The first-order valence-corrected chi connectivity index (χ1v) is 10.8. The van der Waals surface area contributed by atoms with Crippen molar-refractivity contribution in [1.82, 2.24) is 19.6 Å². The van der Waals surface area contributed by atoms with Gasteiger partial charge < -0.3 is 9.88 Å². The number of anilines is 1. The molecule has 3 heterocycles. The molecule has 0 bridgehead atoms. The molecule has 6 heteroatoms. The molecule has 1 aliphatic rings. The number of rotatable bonds is 4. The highest BCUT2D eigenvalue weighted by atomic mass is 16.2. The van der Waals surface area contributed by atoms with E-state index >= 15 is 0 Å². The zero-order chi connectivity index (χ0) is 22.4. The van der Waals surface area contributed by atoms with Crippen LogP contribution in [0.2, 0.25) is 0 Å². The highest BCUT2D eigenvalue weighted by molar-refractivity contribution is 6.35. The van der Waals surface area contributed by atoms with Gasteiger partial charge in [-0.3, -0.25) is 4.79 Å². The quantitative estimate of drug-likeness (QED) is 0.404. The zero-order valence-electron chi connectivity index (χ0n) is 18.1. The average Bonchev–Trinajstić information content (AvgIpc) is 3.52. The van der Waals surface area contributed by atoms with Gasteiger partial charge in [-0.2, -0.15) is 0 Å². The predicted octanol–water partition coefficient (Wildman–Crippen LogP) is 5.07. The fourth-order valence-electron chi connectivity index (χ4n) is 4.33. The van der Waals surface area contributed by atoms with Crippen molar-refractivity contribution in [3.8, 4) is 5.69 Å². The zero-order valence-corrected chi connectivity index (χ0v) is 18.1. The van der Waals surface area contributed by atoms with Crippen molar-refractivity contribution in [3.63, 3.8) is 0 Å². The van der Waals surface area contributed by atoms with E-state index < -0.39 is 0 Å². The molecule has 0 atom stereocenters. The maximum atomic E-state index is 12.6. The molecular formula is C27H21N5O. The lowest BCUT2D eigenvalue weighted by molar-refractivity contribution is -0.110. The molecule has 5 aromatic rings. The third kappa shape index (κ3) is 3.42. The van der Waals surface area contributed by atoms with Gasteiger partial charge in [0.1, 0.15) is 5.69 Å². The molecular weight excluding hydrogens is 410 g/mol. The number of carbonyl (C=O) groups excluding carboxylic acids is 1. The Morgan fingerprint density at radius 3 is 2.61 bits per heavy atom. The van der Waals surface area contributed by atoms with E-state index in [0.717, 1.165) is 39.1 Å². The van der Waals surface area contributed by atoms with Crippen molar-refractivity contribution in [2.24, 2.45) is 0 Å². The number of fused-ring (bicyclic) bond motifs is 2. The van der Waals surface area contributed by atoms with E-state index in [1.807, 2.05) is 60.8 Å². The van der Waals surface area contributed by atoms with Crippen molar-refractivity contribution in [3.05, 3.63) is 108 Å². The van der Waals surface area contributed by atoms with Gasteiger partial charge in [0.05, 0.1) is 18.4 Å². The molecule has 0 unspecified atom stereocenters. The fraction of sp³-hybridized carbons (Fsp3) is 0.0741. The summed E-state index contributed by atoms with van der Waals surface area (Å²) in [5, 5.41) is 12.7. The van der Waals surface area contributed by atoms with Crippen molar-refractivity contribution >= 4 is 34.1 Å². The number of nitrogens with zero attached hydrogens (tertiary/aromatic N) is 4. The van der Waals surface area contributed by atoms with Gasteiger partial charge >= 0.3 is 0 Å². The Morgan fingerprint density at radius 1 is 0.939 bits per heavy atom. The molecule has 3 aromatic carbocycles. The molecule has 33 heavy (non-hydrogen) atoms. The third-order valence-electron chi connectivity index (χ3n) is 6.00. The lowest BCUT2D eigenvalue weighted by Crippen LogP contribution is -2.03. The van der Waals surface area contributed by atoms with Gasteiger partial charge in [-0.05, 0) is 37.3 Å². The number of carbonyl (C=O) groups is 1. The first kappa shape index (κ1) is 19.3. The summed E-state index contributed by atoms with van der Waals surface area (Å²) in [7, 11) is 0. The van der Waals surface area contributed by atoms with Crippen LogP contribution in [0.5, 0.6) is 0 Å². The van der Waals surface area contributed by atoms with Crippen LogP contribution in [0.15, 0.2) is 85.2 Å². The highest BCUT2D eigenvalue weighted by Crippen LogP contribution is 2.34. The van der Waals surface area contributed by atoms with Crippen molar-refractivity contribution in [2.45, 2.75) is 13.5 Å². The number of nitrogens with one attached hydrogen (secondary N) is 1. The number of amides is 1. The minimum atomic E-state index is -0.0749. The minimum Gasteiger partial charge on any atom is -0.341 e. The molecule has 1 aliphatic heterocycles. The van der Waals surface area contributed by atoms with Crippen molar-refractivity contribution < 1.29 is 4.79 Å². The number of para-hydroxylation sites is 2. The van der Waals surface area contributed by atoms with Gasteiger partial charge in [-0.1, -0.05) is 59.3 Å². The number of aromatic nitrogens is 4. The SMILES string of the molecule is Cc1ccc(-n2cc(Cn3cc(C=C4C(=O)Nc5ccccc54)c4ccccc43)nn2)cc1. The van der Waals surface area contributed by atoms with Gasteiger partial charge in [0, 0.05) is 39.5 Å². The topological polar surface area (TPSA) is 64.7 Å². The van der Waals surface area contributed by atoms with Crippen molar-refractivity contribution in [2.75, 3.05) is 5.32 Å². The Bertz CT molecular complexity index is 1540. The molecule has 0 radical (unpaired) electrons. The summed E-state index contributed by atoms with van der Waals surface area (Å²) in [6.07, 6.45) is 6.01. The second kappa shape index (κ2) is 7.60. The molecule has 0 saturated carbocycles. The summed E-state index contributed by atoms with van der Waals surface area (Å²) in [6, 6.07) is 24.2. The summed E-state index contributed by atoms with van der Waals surface area (Å²) < 4.78 is 3.95. The molecule has 1 amide bonds. The lowest BCUT2D eigenvalue weighted by atomic mass is 10.0. The number of aryl methyl sites for hydroxylation is 1. The summed E-state index contributed by atoms with van der Waals surface area (Å²) in [5.41, 5.74) is 7.59. The van der Waals surface area contributed by atoms with E-state index in [2.05, 4.69) is 57.6 Å². The number of hydrogen-bond acceptors (Lipinski definition) is 3. The van der Waals surface area contributed by atoms with Crippen LogP contribution in [0, 0.1) is 6.92 Å². The molecule has 2 aromatic heterocycles. The van der Waals surface area contributed by atoms with E-state index in [9.17, 15) is 4.79 Å². The third-order valence-corrected chi connectivity index (χ3v) is 6.00. The van der Waals surface area contributed by atoms with Crippen LogP contribution in [0.1, 0.15) is 22.4 Å². The maximum Gasteiger partial charge on any atom is 0.256 e. The molecule has 0 fully saturated rings. The molecule has 6 nitrogen and oxygen atoms in total. The van der Waals surface area contributed by atoms with Crippen LogP contribution < -0.4 is 5.32 Å². The van der Waals surface area contributed by atoms with Crippen LogP contribution in [-0.2, 0) is 11.3 Å². The highest BCUT2D eigenvalue weighted by Gasteiger charge is 2.24. The monoisotopic (exact) mass is 431 g/mol.